The van der Waals surface area contributed by atoms with Gasteiger partial charge in [-0.25, -0.2) is 0 Å². The number of hydrogen-bond acceptors (Lipinski definition) is 2. The number of benzene rings is 1. The average Bonchev–Trinajstić information content (AvgIpc) is 2.56. The molecule has 1 aliphatic carbocycles. The highest BCUT2D eigenvalue weighted by Crippen LogP contribution is 2.36. The summed E-state index contributed by atoms with van der Waals surface area (Å²) in [7, 11) is 4.25. The number of nitrogens with zero attached hydrogens (tertiary/aromatic N) is 2. The minimum Gasteiger partial charge on any atom is -0.341 e. The molecule has 2 fully saturated rings. The van der Waals surface area contributed by atoms with Crippen LogP contribution in [-0.4, -0.2) is 48.4 Å². The van der Waals surface area contributed by atoms with Gasteiger partial charge in [0.25, 0.3) is 0 Å². The molecule has 23 heavy (non-hydrogen) atoms. The topological polar surface area (TPSA) is 23.6 Å². The molecule has 1 saturated heterocycles. The standard InChI is InChI=1S/C19H27BrN2O/c1-21-12-4-6-15-5-3-7-17(19(15)21)22(2)18(23)13-14-8-10-16(20)11-9-14/h8-11,15,17,19H,3-7,12-13H2,1-2H3. The number of likely N-dealkylation sites (N-methyl/N-ethyl adjacent to an activating group) is 2. The van der Waals surface area contributed by atoms with E-state index in [1.165, 1.54) is 32.2 Å². The lowest BCUT2D eigenvalue weighted by Crippen LogP contribution is -2.58. The van der Waals surface area contributed by atoms with E-state index in [2.05, 4.69) is 27.9 Å². The second-order valence-electron chi connectivity index (χ2n) is 7.18. The molecule has 0 radical (unpaired) electrons. The van der Waals surface area contributed by atoms with Crippen molar-refractivity contribution in [3.05, 3.63) is 34.3 Å². The van der Waals surface area contributed by atoms with Gasteiger partial charge in [-0.1, -0.05) is 34.5 Å². The SMILES string of the molecule is CN1CCCC2CCCC(N(C)C(=O)Cc3ccc(Br)cc3)C21. The van der Waals surface area contributed by atoms with E-state index in [4.69, 9.17) is 0 Å². The van der Waals surface area contributed by atoms with E-state index < -0.39 is 0 Å². The molecular weight excluding hydrogens is 352 g/mol. The average molecular weight is 379 g/mol. The van der Waals surface area contributed by atoms with Gasteiger partial charge in [0.15, 0.2) is 0 Å². The Hall–Kier alpha value is -0.870. The molecule has 3 nitrogen and oxygen atoms in total. The molecule has 1 heterocycles. The second kappa shape index (κ2) is 7.35. The van der Waals surface area contributed by atoms with Gasteiger partial charge in [-0.3, -0.25) is 4.79 Å². The largest absolute Gasteiger partial charge is 0.341 e. The van der Waals surface area contributed by atoms with Crippen molar-refractivity contribution < 1.29 is 4.79 Å². The van der Waals surface area contributed by atoms with E-state index in [1.807, 2.05) is 36.2 Å². The Balaban J connectivity index is 1.69. The third-order valence-electron chi connectivity index (χ3n) is 5.71. The summed E-state index contributed by atoms with van der Waals surface area (Å²) in [5, 5.41) is 0. The van der Waals surface area contributed by atoms with E-state index in [1.54, 1.807) is 0 Å². The van der Waals surface area contributed by atoms with Crippen molar-refractivity contribution in [3.8, 4) is 0 Å². The Morgan fingerprint density at radius 3 is 2.65 bits per heavy atom. The zero-order valence-electron chi connectivity index (χ0n) is 14.2. The normalized spacial score (nSPS) is 28.2. The fourth-order valence-corrected chi connectivity index (χ4v) is 4.74. The van der Waals surface area contributed by atoms with Crippen LogP contribution in [0.3, 0.4) is 0 Å². The third-order valence-corrected chi connectivity index (χ3v) is 6.23. The van der Waals surface area contributed by atoms with Gasteiger partial charge in [0.2, 0.25) is 5.91 Å². The predicted octanol–water partition coefficient (Wildman–Crippen LogP) is 3.71. The Bertz CT molecular complexity index is 543. The summed E-state index contributed by atoms with van der Waals surface area (Å²) in [6.07, 6.45) is 6.88. The maximum absolute atomic E-state index is 12.8. The van der Waals surface area contributed by atoms with Crippen molar-refractivity contribution in [1.29, 1.82) is 0 Å². The Labute approximate surface area is 148 Å². The monoisotopic (exact) mass is 378 g/mol. The molecule has 4 heteroatoms. The van der Waals surface area contributed by atoms with E-state index in [0.29, 0.717) is 18.5 Å². The highest BCUT2D eigenvalue weighted by molar-refractivity contribution is 9.10. The van der Waals surface area contributed by atoms with Crippen LogP contribution in [-0.2, 0) is 11.2 Å². The maximum atomic E-state index is 12.8. The van der Waals surface area contributed by atoms with Gasteiger partial charge in [0.1, 0.15) is 0 Å². The molecule has 3 atom stereocenters. The molecule has 1 saturated carbocycles. The summed E-state index contributed by atoms with van der Waals surface area (Å²) >= 11 is 3.45. The molecular formula is C19H27BrN2O. The van der Waals surface area contributed by atoms with Gasteiger partial charge in [0.05, 0.1) is 6.42 Å². The number of likely N-dealkylation sites (tertiary alicyclic amines) is 1. The highest BCUT2D eigenvalue weighted by Gasteiger charge is 2.40. The van der Waals surface area contributed by atoms with Crippen LogP contribution < -0.4 is 0 Å². The summed E-state index contributed by atoms with van der Waals surface area (Å²) in [5.74, 6) is 1.02. The third kappa shape index (κ3) is 3.80. The van der Waals surface area contributed by atoms with Crippen LogP contribution in [0.1, 0.15) is 37.7 Å². The van der Waals surface area contributed by atoms with Gasteiger partial charge in [-0.2, -0.15) is 0 Å². The Morgan fingerprint density at radius 1 is 1.22 bits per heavy atom. The lowest BCUT2D eigenvalue weighted by atomic mass is 9.75. The number of carbonyl (C=O) groups is 1. The molecule has 126 valence electrons. The number of fused-ring (bicyclic) bond motifs is 1. The predicted molar refractivity (Wildman–Crippen MR) is 97.4 cm³/mol. The number of carbonyl (C=O) groups excluding carboxylic acids is 1. The molecule has 2 aliphatic rings. The van der Waals surface area contributed by atoms with Crippen LogP contribution in [0.4, 0.5) is 0 Å². The van der Waals surface area contributed by atoms with Crippen LogP contribution in [0.5, 0.6) is 0 Å². The summed E-state index contributed by atoms with van der Waals surface area (Å²) in [6, 6.07) is 9.01. The molecule has 0 spiro atoms. The summed E-state index contributed by atoms with van der Waals surface area (Å²) in [5.41, 5.74) is 1.09. The van der Waals surface area contributed by atoms with Gasteiger partial charge >= 0.3 is 0 Å². The van der Waals surface area contributed by atoms with Crippen molar-refractivity contribution in [1.82, 2.24) is 9.80 Å². The Morgan fingerprint density at radius 2 is 1.91 bits per heavy atom. The van der Waals surface area contributed by atoms with E-state index >= 15 is 0 Å². The Kier molecular flexibility index (Phi) is 5.42. The van der Waals surface area contributed by atoms with Crippen LogP contribution in [0.25, 0.3) is 0 Å². The first-order valence-electron chi connectivity index (χ1n) is 8.76. The number of hydrogen-bond donors (Lipinski definition) is 0. The number of piperidine rings is 1. The lowest BCUT2D eigenvalue weighted by molar-refractivity contribution is -0.134. The van der Waals surface area contributed by atoms with Crippen molar-refractivity contribution in [3.63, 3.8) is 0 Å². The van der Waals surface area contributed by atoms with Gasteiger partial charge in [0, 0.05) is 23.6 Å². The first kappa shape index (κ1) is 17.0. The van der Waals surface area contributed by atoms with Crippen LogP contribution in [0, 0.1) is 5.92 Å². The summed E-state index contributed by atoms with van der Waals surface area (Å²) in [6.45, 7) is 1.17. The van der Waals surface area contributed by atoms with Crippen LogP contribution in [0.2, 0.25) is 0 Å². The van der Waals surface area contributed by atoms with Gasteiger partial charge < -0.3 is 9.80 Å². The molecule has 1 aromatic carbocycles. The summed E-state index contributed by atoms with van der Waals surface area (Å²) in [4.78, 5) is 17.3. The molecule has 1 aromatic rings. The zero-order chi connectivity index (χ0) is 16.4. The molecule has 0 N–H and O–H groups in total. The molecule has 3 unspecified atom stereocenters. The molecule has 1 aliphatic heterocycles. The summed E-state index contributed by atoms with van der Waals surface area (Å²) < 4.78 is 1.06. The van der Waals surface area contributed by atoms with E-state index in [9.17, 15) is 4.79 Å². The minimum absolute atomic E-state index is 0.247. The fraction of sp³-hybridized carbons (Fsp3) is 0.632. The number of amides is 1. The maximum Gasteiger partial charge on any atom is 0.227 e. The van der Waals surface area contributed by atoms with Crippen molar-refractivity contribution in [2.75, 3.05) is 20.6 Å². The van der Waals surface area contributed by atoms with Crippen LogP contribution in [0.15, 0.2) is 28.7 Å². The molecule has 0 aromatic heterocycles. The second-order valence-corrected chi connectivity index (χ2v) is 8.10. The first-order valence-corrected chi connectivity index (χ1v) is 9.56. The zero-order valence-corrected chi connectivity index (χ0v) is 15.8. The number of halogens is 1. The van der Waals surface area contributed by atoms with Gasteiger partial charge in [-0.05, 0) is 62.9 Å². The van der Waals surface area contributed by atoms with E-state index in [-0.39, 0.29) is 5.91 Å². The lowest BCUT2D eigenvalue weighted by Gasteiger charge is -2.49. The van der Waals surface area contributed by atoms with Crippen molar-refractivity contribution in [2.45, 2.75) is 50.6 Å². The molecule has 0 bridgehead atoms. The van der Waals surface area contributed by atoms with E-state index in [0.717, 1.165) is 22.4 Å². The fourth-order valence-electron chi connectivity index (χ4n) is 4.47. The van der Waals surface area contributed by atoms with Crippen molar-refractivity contribution in [2.24, 2.45) is 5.92 Å². The minimum atomic E-state index is 0.247. The molecule has 1 amide bonds. The first-order chi connectivity index (χ1) is 11.1. The van der Waals surface area contributed by atoms with Crippen molar-refractivity contribution >= 4 is 21.8 Å². The highest BCUT2D eigenvalue weighted by atomic mass is 79.9. The quantitative estimate of drug-likeness (QED) is 0.799. The smallest absolute Gasteiger partial charge is 0.227 e. The van der Waals surface area contributed by atoms with Gasteiger partial charge in [-0.15, -0.1) is 0 Å². The molecule has 3 rings (SSSR count). The van der Waals surface area contributed by atoms with Crippen LogP contribution >= 0.6 is 15.9 Å². The number of rotatable bonds is 3.